The normalized spacial score (nSPS) is 14.7. The van der Waals surface area contributed by atoms with Crippen molar-refractivity contribution in [2.75, 3.05) is 64.6 Å². The zero-order valence-corrected chi connectivity index (χ0v) is 18.2. The topological polar surface area (TPSA) is 88.1 Å². The Morgan fingerprint density at radius 3 is 2.58 bits per heavy atom. The predicted molar refractivity (Wildman–Crippen MR) is 119 cm³/mol. The van der Waals surface area contributed by atoms with Crippen LogP contribution in [-0.2, 0) is 16.0 Å². The van der Waals surface area contributed by atoms with E-state index < -0.39 is 0 Å². The number of hydrogen-bond donors (Lipinski definition) is 0. The monoisotopic (exact) mass is 426 g/mol. The Labute approximate surface area is 183 Å². The van der Waals surface area contributed by atoms with Gasteiger partial charge in [-0.05, 0) is 31.2 Å². The minimum atomic E-state index is 0.454. The third-order valence-corrected chi connectivity index (χ3v) is 5.11. The minimum Gasteiger partial charge on any atom is -0.491 e. The van der Waals surface area contributed by atoms with Crippen molar-refractivity contribution in [1.29, 1.82) is 5.26 Å². The van der Waals surface area contributed by atoms with Gasteiger partial charge in [0.15, 0.2) is 12.2 Å². The molecule has 3 rings (SSSR count). The maximum atomic E-state index is 9.27. The molecule has 166 valence electrons. The summed E-state index contributed by atoms with van der Waals surface area (Å²) in [6.45, 7) is 8.94. The molecule has 1 aromatic carbocycles. The predicted octanol–water partition coefficient (Wildman–Crippen LogP) is 2.30. The second-order valence-electron chi connectivity index (χ2n) is 7.07. The maximum Gasteiger partial charge on any atom is 0.176 e. The van der Waals surface area contributed by atoms with Gasteiger partial charge < -0.3 is 19.1 Å². The van der Waals surface area contributed by atoms with Gasteiger partial charge in [-0.15, -0.1) is 0 Å². The summed E-state index contributed by atoms with van der Waals surface area (Å²) in [6, 6.07) is 10.4. The second-order valence-corrected chi connectivity index (χ2v) is 7.07. The van der Waals surface area contributed by atoms with Crippen LogP contribution in [0.2, 0.25) is 0 Å². The van der Waals surface area contributed by atoms with Gasteiger partial charge in [0.05, 0.1) is 26.0 Å². The third kappa shape index (κ3) is 6.44. The van der Waals surface area contributed by atoms with Crippen molar-refractivity contribution in [1.82, 2.24) is 14.7 Å². The van der Waals surface area contributed by atoms with Crippen LogP contribution in [0, 0.1) is 11.3 Å². The molecule has 1 saturated heterocycles. The summed E-state index contributed by atoms with van der Waals surface area (Å²) in [5.74, 6) is 1.40. The average molecular weight is 427 g/mol. The number of aromatic nitrogens is 2. The number of nitriles is 1. The molecule has 1 fully saturated rings. The molecule has 0 aliphatic carbocycles. The minimum absolute atomic E-state index is 0.454. The van der Waals surface area contributed by atoms with E-state index in [0.29, 0.717) is 37.7 Å². The second kappa shape index (κ2) is 11.9. The Bertz CT molecular complexity index is 866. The fourth-order valence-corrected chi connectivity index (χ4v) is 3.38. The van der Waals surface area contributed by atoms with Gasteiger partial charge in [0.2, 0.25) is 0 Å². The van der Waals surface area contributed by atoms with Crippen LogP contribution in [0.5, 0.6) is 5.75 Å². The Morgan fingerprint density at radius 2 is 1.90 bits per heavy atom. The van der Waals surface area contributed by atoms with Crippen LogP contribution in [0.25, 0.3) is 0 Å². The Hall–Kier alpha value is -3.09. The van der Waals surface area contributed by atoms with E-state index in [1.54, 1.807) is 18.0 Å². The lowest BCUT2D eigenvalue weighted by Gasteiger charge is -2.36. The first-order chi connectivity index (χ1) is 15.2. The fraction of sp³-hybridized carbons (Fsp3) is 0.500. The van der Waals surface area contributed by atoms with Gasteiger partial charge in [0, 0.05) is 45.5 Å². The van der Waals surface area contributed by atoms with Gasteiger partial charge >= 0.3 is 0 Å². The first-order valence-electron chi connectivity index (χ1n) is 10.5. The number of anilines is 1. The molecule has 0 amide bonds. The molecular weight excluding hydrogens is 396 g/mol. The molecule has 9 heteroatoms. The number of piperazine rings is 1. The Kier molecular flexibility index (Phi) is 8.70. The molecule has 0 unspecified atom stereocenters. The number of methoxy groups -OCH3 is 1. The molecular formula is C22H30N6O3. The molecule has 1 aliphatic heterocycles. The van der Waals surface area contributed by atoms with Gasteiger partial charge in [0.1, 0.15) is 24.0 Å². The lowest BCUT2D eigenvalue weighted by atomic mass is 10.2. The number of hydrogen-bond acceptors (Lipinski definition) is 8. The average Bonchev–Trinajstić information content (AvgIpc) is 3.21. The van der Waals surface area contributed by atoms with Crippen molar-refractivity contribution < 1.29 is 14.2 Å². The highest BCUT2D eigenvalue weighted by Crippen LogP contribution is 2.21. The smallest absolute Gasteiger partial charge is 0.176 e. The van der Waals surface area contributed by atoms with Crippen molar-refractivity contribution in [2.45, 2.75) is 13.5 Å². The lowest BCUT2D eigenvalue weighted by molar-refractivity contribution is 0.146. The number of nitrogens with zero attached hydrogens (tertiary/aromatic N) is 6. The highest BCUT2D eigenvalue weighted by Gasteiger charge is 2.18. The number of rotatable bonds is 11. The van der Waals surface area contributed by atoms with E-state index in [4.69, 9.17) is 14.2 Å². The van der Waals surface area contributed by atoms with Crippen molar-refractivity contribution in [3.8, 4) is 11.8 Å². The van der Waals surface area contributed by atoms with Crippen molar-refractivity contribution in [3.05, 3.63) is 36.0 Å². The summed E-state index contributed by atoms with van der Waals surface area (Å²) < 4.78 is 17.6. The van der Waals surface area contributed by atoms with E-state index in [1.807, 2.05) is 19.1 Å². The van der Waals surface area contributed by atoms with Crippen molar-refractivity contribution in [3.63, 3.8) is 0 Å². The zero-order valence-electron chi connectivity index (χ0n) is 18.2. The molecule has 1 aromatic heterocycles. The SMILES string of the molecule is CCO/C=N/c1c(C#N)cnn1CCN1CCN(c2ccc(OCCOC)cc2)CC1. The molecule has 0 N–H and O–H groups in total. The highest BCUT2D eigenvalue weighted by atomic mass is 16.5. The number of benzene rings is 1. The van der Waals surface area contributed by atoms with Gasteiger partial charge in [-0.2, -0.15) is 15.4 Å². The van der Waals surface area contributed by atoms with Crippen LogP contribution in [0.1, 0.15) is 12.5 Å². The van der Waals surface area contributed by atoms with Crippen LogP contribution < -0.4 is 9.64 Å². The molecule has 0 atom stereocenters. The third-order valence-electron chi connectivity index (χ3n) is 5.11. The lowest BCUT2D eigenvalue weighted by Crippen LogP contribution is -2.47. The summed E-state index contributed by atoms with van der Waals surface area (Å²) in [4.78, 5) is 9.05. The summed E-state index contributed by atoms with van der Waals surface area (Å²) in [7, 11) is 1.67. The van der Waals surface area contributed by atoms with Gasteiger partial charge in [-0.25, -0.2) is 4.68 Å². The first kappa shape index (κ1) is 22.6. The molecule has 0 spiro atoms. The van der Waals surface area contributed by atoms with Crippen LogP contribution in [0.3, 0.4) is 0 Å². The molecule has 0 radical (unpaired) electrons. The van der Waals surface area contributed by atoms with Gasteiger partial charge in [0.25, 0.3) is 0 Å². The standard InChI is InChI=1S/C22H30N6O3/c1-3-30-18-24-22-19(16-23)17-25-28(22)13-10-26-8-11-27(12-9-26)20-4-6-21(7-5-20)31-15-14-29-2/h4-7,17-18H,3,8-15H2,1-2H3/b24-18+. The first-order valence-corrected chi connectivity index (χ1v) is 10.5. The van der Waals surface area contributed by atoms with Crippen LogP contribution in [0.15, 0.2) is 35.5 Å². The summed E-state index contributed by atoms with van der Waals surface area (Å²) in [6.07, 6.45) is 2.93. The van der Waals surface area contributed by atoms with E-state index in [1.165, 1.54) is 12.1 Å². The zero-order chi connectivity index (χ0) is 21.9. The quantitative estimate of drug-likeness (QED) is 0.309. The van der Waals surface area contributed by atoms with Crippen molar-refractivity contribution >= 4 is 17.9 Å². The number of aliphatic imine (C=N–C) groups is 1. The van der Waals surface area contributed by atoms with Crippen LogP contribution >= 0.6 is 0 Å². The van der Waals surface area contributed by atoms with E-state index >= 15 is 0 Å². The van der Waals surface area contributed by atoms with Crippen LogP contribution in [-0.4, -0.2) is 80.7 Å². The van der Waals surface area contributed by atoms with Crippen molar-refractivity contribution in [2.24, 2.45) is 4.99 Å². The Morgan fingerprint density at radius 1 is 1.13 bits per heavy atom. The molecule has 9 nitrogen and oxygen atoms in total. The van der Waals surface area contributed by atoms with E-state index in [0.717, 1.165) is 38.5 Å². The van der Waals surface area contributed by atoms with Crippen LogP contribution in [0.4, 0.5) is 11.5 Å². The summed E-state index contributed by atoms with van der Waals surface area (Å²) in [5, 5.41) is 13.6. The fourth-order valence-electron chi connectivity index (χ4n) is 3.38. The molecule has 2 aromatic rings. The molecule has 2 heterocycles. The molecule has 31 heavy (non-hydrogen) atoms. The van der Waals surface area contributed by atoms with E-state index in [9.17, 15) is 5.26 Å². The molecule has 0 saturated carbocycles. The molecule has 1 aliphatic rings. The Balaban J connectivity index is 1.48. The number of ether oxygens (including phenoxy) is 3. The maximum absolute atomic E-state index is 9.27. The van der Waals surface area contributed by atoms with Gasteiger partial charge in [-0.1, -0.05) is 0 Å². The largest absolute Gasteiger partial charge is 0.491 e. The van der Waals surface area contributed by atoms with Gasteiger partial charge in [-0.3, -0.25) is 4.90 Å². The van der Waals surface area contributed by atoms with E-state index in [2.05, 4.69) is 38.1 Å². The van der Waals surface area contributed by atoms with E-state index in [-0.39, 0.29) is 0 Å². The summed E-state index contributed by atoms with van der Waals surface area (Å²) >= 11 is 0. The molecule has 0 bridgehead atoms. The summed E-state index contributed by atoms with van der Waals surface area (Å²) in [5.41, 5.74) is 1.66. The highest BCUT2D eigenvalue weighted by molar-refractivity contribution is 5.58.